The standard InChI is InChI=1S/C11H9BrClN3O/c12-7-3-8(5-15-4-7)17-6-10-9(13)1-2-11(14)16-10/h1-5H,6H2,(H2,14,16). The second kappa shape index (κ2) is 5.33. The van der Waals surface area contributed by atoms with E-state index in [1.165, 1.54) is 0 Å². The Kier molecular flexibility index (Phi) is 3.81. The number of pyridine rings is 2. The molecule has 0 fully saturated rings. The summed E-state index contributed by atoms with van der Waals surface area (Å²) in [5, 5.41) is 0.530. The topological polar surface area (TPSA) is 61.0 Å². The fourth-order valence-corrected chi connectivity index (χ4v) is 1.73. The van der Waals surface area contributed by atoms with Crippen LogP contribution in [-0.2, 0) is 6.61 Å². The van der Waals surface area contributed by atoms with Gasteiger partial charge in [0.1, 0.15) is 18.2 Å². The van der Waals surface area contributed by atoms with E-state index in [2.05, 4.69) is 25.9 Å². The third kappa shape index (κ3) is 3.31. The van der Waals surface area contributed by atoms with Crippen LogP contribution in [0, 0.1) is 0 Å². The van der Waals surface area contributed by atoms with Gasteiger partial charge in [-0.15, -0.1) is 0 Å². The lowest BCUT2D eigenvalue weighted by Crippen LogP contribution is -2.02. The first-order valence-corrected chi connectivity index (χ1v) is 5.96. The molecule has 17 heavy (non-hydrogen) atoms. The first-order valence-electron chi connectivity index (χ1n) is 4.79. The SMILES string of the molecule is Nc1ccc(Cl)c(COc2cncc(Br)c2)n1. The molecule has 0 amide bonds. The van der Waals surface area contributed by atoms with Gasteiger partial charge in [-0.2, -0.15) is 0 Å². The molecule has 0 atom stereocenters. The van der Waals surface area contributed by atoms with Gasteiger partial charge in [0.15, 0.2) is 0 Å². The zero-order chi connectivity index (χ0) is 12.3. The van der Waals surface area contributed by atoms with Gasteiger partial charge in [0.25, 0.3) is 0 Å². The largest absolute Gasteiger partial charge is 0.486 e. The highest BCUT2D eigenvalue weighted by atomic mass is 79.9. The predicted molar refractivity (Wildman–Crippen MR) is 69.9 cm³/mol. The molecule has 2 heterocycles. The Balaban J connectivity index is 2.09. The van der Waals surface area contributed by atoms with Crippen molar-refractivity contribution in [3.63, 3.8) is 0 Å². The second-order valence-electron chi connectivity index (χ2n) is 3.29. The van der Waals surface area contributed by atoms with Crippen molar-refractivity contribution in [2.75, 3.05) is 5.73 Å². The molecule has 2 aromatic rings. The Hall–Kier alpha value is -1.33. The lowest BCUT2D eigenvalue weighted by atomic mass is 10.3. The monoisotopic (exact) mass is 313 g/mol. The van der Waals surface area contributed by atoms with E-state index in [1.54, 1.807) is 24.5 Å². The molecule has 0 saturated carbocycles. The summed E-state index contributed by atoms with van der Waals surface area (Å²) < 4.78 is 6.36. The van der Waals surface area contributed by atoms with Gasteiger partial charge in [0.2, 0.25) is 0 Å². The van der Waals surface area contributed by atoms with Crippen molar-refractivity contribution in [1.29, 1.82) is 0 Å². The minimum absolute atomic E-state index is 0.252. The second-order valence-corrected chi connectivity index (χ2v) is 4.62. The summed E-state index contributed by atoms with van der Waals surface area (Å²) in [5.74, 6) is 1.06. The van der Waals surface area contributed by atoms with E-state index in [1.807, 2.05) is 6.07 Å². The third-order valence-corrected chi connectivity index (χ3v) is 2.77. The maximum absolute atomic E-state index is 5.97. The van der Waals surface area contributed by atoms with Gasteiger partial charge in [-0.1, -0.05) is 11.6 Å². The molecular formula is C11H9BrClN3O. The smallest absolute Gasteiger partial charge is 0.139 e. The van der Waals surface area contributed by atoms with E-state index >= 15 is 0 Å². The maximum atomic E-state index is 5.97. The molecule has 2 rings (SSSR count). The zero-order valence-electron chi connectivity index (χ0n) is 8.73. The molecule has 0 aliphatic rings. The molecule has 4 nitrogen and oxygen atoms in total. The molecule has 0 saturated heterocycles. The van der Waals surface area contributed by atoms with Gasteiger partial charge in [-0.25, -0.2) is 4.98 Å². The first-order chi connectivity index (χ1) is 8.15. The molecule has 0 radical (unpaired) electrons. The molecule has 0 unspecified atom stereocenters. The summed E-state index contributed by atoms with van der Waals surface area (Å²) in [6, 6.07) is 5.15. The Morgan fingerprint density at radius 2 is 2.18 bits per heavy atom. The number of hydrogen-bond acceptors (Lipinski definition) is 4. The lowest BCUT2D eigenvalue weighted by molar-refractivity contribution is 0.300. The van der Waals surface area contributed by atoms with Crippen molar-refractivity contribution in [2.24, 2.45) is 0 Å². The average molecular weight is 315 g/mol. The van der Waals surface area contributed by atoms with E-state index in [-0.39, 0.29) is 6.61 Å². The molecule has 0 bridgehead atoms. The van der Waals surface area contributed by atoms with E-state index in [9.17, 15) is 0 Å². The molecule has 2 aromatic heterocycles. The Bertz CT molecular complexity index is 536. The van der Waals surface area contributed by atoms with E-state index in [0.717, 1.165) is 4.47 Å². The highest BCUT2D eigenvalue weighted by molar-refractivity contribution is 9.10. The first kappa shape index (κ1) is 12.1. The number of nitrogens with two attached hydrogens (primary N) is 1. The summed E-state index contributed by atoms with van der Waals surface area (Å²) in [6.45, 7) is 0.252. The van der Waals surface area contributed by atoms with E-state index < -0.39 is 0 Å². The molecule has 6 heteroatoms. The normalized spacial score (nSPS) is 10.2. The van der Waals surface area contributed by atoms with Crippen LogP contribution in [0.2, 0.25) is 5.02 Å². The van der Waals surface area contributed by atoms with Crippen molar-refractivity contribution in [3.05, 3.63) is 45.8 Å². The predicted octanol–water partition coefficient (Wildman–Crippen LogP) is 3.05. The summed E-state index contributed by atoms with van der Waals surface area (Å²) in [7, 11) is 0. The number of ether oxygens (including phenoxy) is 1. The highest BCUT2D eigenvalue weighted by Crippen LogP contribution is 2.20. The van der Waals surface area contributed by atoms with Crippen LogP contribution in [0.25, 0.3) is 0 Å². The van der Waals surface area contributed by atoms with Gasteiger partial charge in [-0.3, -0.25) is 4.98 Å². The molecule has 0 aromatic carbocycles. The summed E-state index contributed by atoms with van der Waals surface area (Å²) in [5.41, 5.74) is 6.18. The van der Waals surface area contributed by atoms with Crippen LogP contribution < -0.4 is 10.5 Å². The molecule has 2 N–H and O–H groups in total. The van der Waals surface area contributed by atoms with Crippen LogP contribution in [0.5, 0.6) is 5.75 Å². The average Bonchev–Trinajstić information content (AvgIpc) is 2.30. The van der Waals surface area contributed by atoms with Crippen LogP contribution in [0.1, 0.15) is 5.69 Å². The van der Waals surface area contributed by atoms with Gasteiger partial charge in [0.05, 0.1) is 16.9 Å². The van der Waals surface area contributed by atoms with Gasteiger partial charge in [0, 0.05) is 10.7 Å². The molecule has 88 valence electrons. The van der Waals surface area contributed by atoms with E-state index in [0.29, 0.717) is 22.3 Å². The number of anilines is 1. The number of nitrogen functional groups attached to an aromatic ring is 1. The molecular weight excluding hydrogens is 305 g/mol. The number of rotatable bonds is 3. The van der Waals surface area contributed by atoms with Crippen LogP contribution in [0.15, 0.2) is 35.1 Å². The van der Waals surface area contributed by atoms with Gasteiger partial charge in [-0.05, 0) is 34.1 Å². The van der Waals surface area contributed by atoms with Crippen molar-refractivity contribution < 1.29 is 4.74 Å². The van der Waals surface area contributed by atoms with Crippen LogP contribution in [-0.4, -0.2) is 9.97 Å². The van der Waals surface area contributed by atoms with Crippen molar-refractivity contribution >= 4 is 33.3 Å². The highest BCUT2D eigenvalue weighted by Gasteiger charge is 2.04. The Labute approximate surface area is 112 Å². The minimum Gasteiger partial charge on any atom is -0.486 e. The van der Waals surface area contributed by atoms with Crippen LogP contribution in [0.4, 0.5) is 5.82 Å². The number of aromatic nitrogens is 2. The Morgan fingerprint density at radius 3 is 2.94 bits per heavy atom. The zero-order valence-corrected chi connectivity index (χ0v) is 11.1. The molecule has 0 aliphatic carbocycles. The van der Waals surface area contributed by atoms with Crippen molar-refractivity contribution in [2.45, 2.75) is 6.61 Å². The number of nitrogens with zero attached hydrogens (tertiary/aromatic N) is 2. The van der Waals surface area contributed by atoms with Gasteiger partial charge >= 0.3 is 0 Å². The van der Waals surface area contributed by atoms with Crippen molar-refractivity contribution in [1.82, 2.24) is 9.97 Å². The Morgan fingerprint density at radius 1 is 1.35 bits per heavy atom. The molecule has 0 spiro atoms. The summed E-state index contributed by atoms with van der Waals surface area (Å²) in [6.07, 6.45) is 3.30. The maximum Gasteiger partial charge on any atom is 0.139 e. The van der Waals surface area contributed by atoms with Gasteiger partial charge < -0.3 is 10.5 Å². The van der Waals surface area contributed by atoms with Crippen molar-refractivity contribution in [3.8, 4) is 5.75 Å². The number of halogens is 2. The minimum atomic E-state index is 0.252. The molecule has 0 aliphatic heterocycles. The third-order valence-electron chi connectivity index (χ3n) is 2.00. The van der Waals surface area contributed by atoms with Crippen LogP contribution in [0.3, 0.4) is 0 Å². The summed E-state index contributed by atoms with van der Waals surface area (Å²) >= 11 is 9.28. The number of hydrogen-bond donors (Lipinski definition) is 1. The summed E-state index contributed by atoms with van der Waals surface area (Å²) in [4.78, 5) is 8.09. The van der Waals surface area contributed by atoms with E-state index in [4.69, 9.17) is 22.1 Å². The lowest BCUT2D eigenvalue weighted by Gasteiger charge is -2.07. The quantitative estimate of drug-likeness (QED) is 0.946. The fourth-order valence-electron chi connectivity index (χ4n) is 1.23. The van der Waals surface area contributed by atoms with Crippen LogP contribution >= 0.6 is 27.5 Å². The fraction of sp³-hybridized carbons (Fsp3) is 0.0909.